The average Bonchev–Trinajstić information content (AvgIpc) is 3.56. The van der Waals surface area contributed by atoms with Gasteiger partial charge in [-0.1, -0.05) is 76.6 Å². The predicted molar refractivity (Wildman–Crippen MR) is 111 cm³/mol. The number of aryl methyl sites for hydroxylation is 1. The van der Waals surface area contributed by atoms with Gasteiger partial charge in [-0.15, -0.1) is 6.58 Å². The maximum absolute atomic E-state index is 10.4. The Morgan fingerprint density at radius 2 is 1.70 bits per heavy atom. The third-order valence-electron chi connectivity index (χ3n) is 4.37. The molecule has 1 aromatic carbocycles. The lowest BCUT2D eigenvalue weighted by molar-refractivity contribution is -0.316. The van der Waals surface area contributed by atoms with Crippen LogP contribution in [-0.2, 0) is 15.9 Å². The van der Waals surface area contributed by atoms with Gasteiger partial charge in [0.2, 0.25) is 0 Å². The Morgan fingerprint density at radius 3 is 2.30 bits per heavy atom. The second kappa shape index (κ2) is 14.7. The van der Waals surface area contributed by atoms with Gasteiger partial charge in [0.1, 0.15) is 5.75 Å². The predicted octanol–water partition coefficient (Wildman–Crippen LogP) is 5.63. The van der Waals surface area contributed by atoms with E-state index in [1.807, 2.05) is 25.1 Å². The van der Waals surface area contributed by atoms with E-state index in [-0.39, 0.29) is 6.61 Å². The molecule has 0 saturated carbocycles. The van der Waals surface area contributed by atoms with Gasteiger partial charge in [0, 0.05) is 6.42 Å². The van der Waals surface area contributed by atoms with E-state index < -0.39 is 5.97 Å². The van der Waals surface area contributed by atoms with E-state index in [0.717, 1.165) is 31.6 Å². The van der Waals surface area contributed by atoms with Crippen molar-refractivity contribution in [2.45, 2.75) is 77.6 Å². The van der Waals surface area contributed by atoms with Crippen LogP contribution in [0.2, 0.25) is 0 Å². The summed E-state index contributed by atoms with van der Waals surface area (Å²) in [4.78, 5) is 0. The zero-order chi connectivity index (χ0) is 19.8. The highest BCUT2D eigenvalue weighted by Gasteiger charge is 2.28. The van der Waals surface area contributed by atoms with Crippen LogP contribution in [0.5, 0.6) is 5.75 Å². The minimum Gasteiger partial charge on any atom is -0.439 e. The summed E-state index contributed by atoms with van der Waals surface area (Å²) in [7, 11) is 0. The Labute approximate surface area is 165 Å². The van der Waals surface area contributed by atoms with E-state index in [1.54, 1.807) is 6.08 Å². The van der Waals surface area contributed by atoms with Crippen LogP contribution < -0.4 is 4.74 Å². The van der Waals surface area contributed by atoms with E-state index in [9.17, 15) is 5.11 Å². The fraction of sp³-hybridized carbons (Fsp3) is 0.652. The zero-order valence-corrected chi connectivity index (χ0v) is 17.3. The second-order valence-electron chi connectivity index (χ2n) is 6.86. The van der Waals surface area contributed by atoms with Gasteiger partial charge in [-0.2, -0.15) is 0 Å². The molecule has 0 radical (unpaired) electrons. The maximum Gasteiger partial charge on any atom is 0.324 e. The first kappa shape index (κ1) is 23.7. The number of aliphatic hydroxyl groups is 1. The highest BCUT2D eigenvalue weighted by molar-refractivity contribution is 5.33. The van der Waals surface area contributed by atoms with E-state index in [1.165, 1.54) is 38.5 Å². The molecule has 27 heavy (non-hydrogen) atoms. The maximum atomic E-state index is 10.4. The second-order valence-corrected chi connectivity index (χ2v) is 6.86. The average molecular weight is 379 g/mol. The third kappa shape index (κ3) is 11.9. The number of benzene rings is 1. The lowest BCUT2D eigenvalue weighted by Gasteiger charge is -2.28. The quantitative estimate of drug-likeness (QED) is 0.197. The lowest BCUT2D eigenvalue weighted by atomic mass is 10.0. The fourth-order valence-electron chi connectivity index (χ4n) is 2.65. The highest BCUT2D eigenvalue weighted by atomic mass is 16.8. The molecule has 1 heterocycles. The Bertz CT molecular complexity index is 498. The van der Waals surface area contributed by atoms with Gasteiger partial charge in [-0.25, -0.2) is 0 Å². The summed E-state index contributed by atoms with van der Waals surface area (Å²) in [5.74, 6) is -0.887. The van der Waals surface area contributed by atoms with Crippen LogP contribution in [-0.4, -0.2) is 30.9 Å². The molecule has 1 saturated heterocycles. The van der Waals surface area contributed by atoms with Gasteiger partial charge >= 0.3 is 5.97 Å². The van der Waals surface area contributed by atoms with Crippen molar-refractivity contribution >= 4 is 0 Å². The number of epoxide rings is 1. The third-order valence-corrected chi connectivity index (χ3v) is 4.37. The van der Waals surface area contributed by atoms with E-state index in [0.29, 0.717) is 12.2 Å². The van der Waals surface area contributed by atoms with Gasteiger partial charge in [0.05, 0.1) is 19.8 Å². The van der Waals surface area contributed by atoms with Crippen molar-refractivity contribution in [1.29, 1.82) is 0 Å². The molecule has 0 amide bonds. The molecule has 2 rings (SSSR count). The first-order chi connectivity index (χ1) is 13.1. The number of hydrogen-bond acceptors (Lipinski definition) is 4. The standard InChI is InChI=1S/C21H34O3.C2H4O/c1-4-7-8-9-10-11-12-15-19-16-13-14-17-20(19)24-21(22,6-3)23-18-5-2;1-2-3-1/h5,13-14,16-17,22H,2,4,6-12,15,18H2,1,3H3;1-2H2. The Kier molecular flexibility index (Phi) is 12.9. The molecule has 154 valence electrons. The van der Waals surface area contributed by atoms with E-state index in [2.05, 4.69) is 24.3 Å². The SMILES string of the molecule is C1CO1.C=CCOC(O)(CC)Oc1ccccc1CCCCCCCCC. The molecular weight excluding hydrogens is 340 g/mol. The molecule has 0 spiro atoms. The molecular formula is C23H38O4. The van der Waals surface area contributed by atoms with Crippen LogP contribution in [0.1, 0.15) is 70.8 Å². The van der Waals surface area contributed by atoms with Crippen molar-refractivity contribution in [3.63, 3.8) is 0 Å². The van der Waals surface area contributed by atoms with Crippen molar-refractivity contribution in [2.75, 3.05) is 19.8 Å². The molecule has 1 aliphatic rings. The number of unbranched alkanes of at least 4 members (excludes halogenated alkanes) is 6. The monoisotopic (exact) mass is 378 g/mol. The first-order valence-corrected chi connectivity index (χ1v) is 10.5. The minimum atomic E-state index is -1.59. The molecule has 1 atom stereocenters. The Balaban J connectivity index is 0.00000110. The molecule has 1 unspecified atom stereocenters. The molecule has 4 heteroatoms. The lowest BCUT2D eigenvalue weighted by Crippen LogP contribution is -2.38. The van der Waals surface area contributed by atoms with Gasteiger partial charge in [0.15, 0.2) is 0 Å². The summed E-state index contributed by atoms with van der Waals surface area (Å²) < 4.78 is 15.7. The topological polar surface area (TPSA) is 51.2 Å². The minimum absolute atomic E-state index is 0.254. The van der Waals surface area contributed by atoms with E-state index in [4.69, 9.17) is 9.47 Å². The first-order valence-electron chi connectivity index (χ1n) is 10.5. The van der Waals surface area contributed by atoms with Gasteiger partial charge in [-0.3, -0.25) is 0 Å². The number of ether oxygens (including phenoxy) is 3. The number of para-hydroxylation sites is 1. The highest BCUT2D eigenvalue weighted by Crippen LogP contribution is 2.26. The molecule has 0 bridgehead atoms. The number of rotatable bonds is 14. The summed E-state index contributed by atoms with van der Waals surface area (Å²) in [5.41, 5.74) is 1.13. The van der Waals surface area contributed by atoms with Crippen molar-refractivity contribution < 1.29 is 19.3 Å². The van der Waals surface area contributed by atoms with Crippen LogP contribution in [0.4, 0.5) is 0 Å². The van der Waals surface area contributed by atoms with Gasteiger partial charge in [0.25, 0.3) is 0 Å². The molecule has 4 nitrogen and oxygen atoms in total. The van der Waals surface area contributed by atoms with Gasteiger partial charge < -0.3 is 19.3 Å². The normalized spacial score (nSPS) is 14.6. The molecule has 1 aliphatic heterocycles. The molecule has 1 fully saturated rings. The molecule has 1 aromatic rings. The van der Waals surface area contributed by atoms with Crippen molar-refractivity contribution in [3.05, 3.63) is 42.5 Å². The van der Waals surface area contributed by atoms with Crippen LogP contribution in [0, 0.1) is 0 Å². The van der Waals surface area contributed by atoms with Crippen LogP contribution >= 0.6 is 0 Å². The van der Waals surface area contributed by atoms with Crippen LogP contribution in [0.3, 0.4) is 0 Å². The Morgan fingerprint density at radius 1 is 1.07 bits per heavy atom. The molecule has 0 aromatic heterocycles. The van der Waals surface area contributed by atoms with Crippen LogP contribution in [0.15, 0.2) is 36.9 Å². The van der Waals surface area contributed by atoms with Crippen molar-refractivity contribution in [2.24, 2.45) is 0 Å². The summed E-state index contributed by atoms with van der Waals surface area (Å²) >= 11 is 0. The smallest absolute Gasteiger partial charge is 0.324 e. The summed E-state index contributed by atoms with van der Waals surface area (Å²) in [6, 6.07) is 7.90. The zero-order valence-electron chi connectivity index (χ0n) is 17.3. The Hall–Kier alpha value is -1.36. The molecule has 0 aliphatic carbocycles. The molecule has 1 N–H and O–H groups in total. The number of hydrogen-bond donors (Lipinski definition) is 1. The summed E-state index contributed by atoms with van der Waals surface area (Å²) in [6.45, 7) is 9.94. The van der Waals surface area contributed by atoms with E-state index >= 15 is 0 Å². The largest absolute Gasteiger partial charge is 0.439 e. The fourth-order valence-corrected chi connectivity index (χ4v) is 2.65. The van der Waals surface area contributed by atoms with Crippen molar-refractivity contribution in [3.8, 4) is 5.75 Å². The van der Waals surface area contributed by atoms with Gasteiger partial charge in [-0.05, 0) is 24.5 Å². The van der Waals surface area contributed by atoms with Crippen LogP contribution in [0.25, 0.3) is 0 Å². The summed E-state index contributed by atoms with van der Waals surface area (Å²) in [6.07, 6.45) is 11.9. The van der Waals surface area contributed by atoms with Crippen molar-refractivity contribution in [1.82, 2.24) is 0 Å². The summed E-state index contributed by atoms with van der Waals surface area (Å²) in [5, 5.41) is 10.4.